The van der Waals surface area contributed by atoms with Crippen molar-refractivity contribution in [2.45, 2.75) is 44.7 Å². The second kappa shape index (κ2) is 6.26. The second-order valence-corrected chi connectivity index (χ2v) is 6.36. The van der Waals surface area contributed by atoms with Crippen molar-refractivity contribution in [2.75, 3.05) is 13.1 Å². The number of carbonyl (C=O) groups excluding carboxylic acids is 3. The Kier molecular flexibility index (Phi) is 4.30. The second-order valence-electron chi connectivity index (χ2n) is 6.36. The van der Waals surface area contributed by atoms with Crippen LogP contribution in [0.3, 0.4) is 0 Å². The Bertz CT molecular complexity index is 657. The van der Waals surface area contributed by atoms with Gasteiger partial charge < -0.3 is 10.2 Å². The van der Waals surface area contributed by atoms with Crippen molar-refractivity contribution in [1.29, 1.82) is 0 Å². The molecule has 1 aromatic carbocycles. The number of nitrogens with zero attached hydrogens (tertiary/aromatic N) is 2. The average molecular weight is 329 g/mol. The van der Waals surface area contributed by atoms with Gasteiger partial charge in [0.25, 0.3) is 5.91 Å². The molecule has 0 bridgehead atoms. The summed E-state index contributed by atoms with van der Waals surface area (Å²) in [6.45, 7) is 4.19. The van der Waals surface area contributed by atoms with E-state index in [1.54, 1.807) is 4.90 Å². The van der Waals surface area contributed by atoms with Crippen molar-refractivity contribution < 1.29 is 14.4 Å². The van der Waals surface area contributed by atoms with Gasteiger partial charge in [-0.3, -0.25) is 14.5 Å². The van der Waals surface area contributed by atoms with E-state index in [4.69, 9.17) is 0 Å². The van der Waals surface area contributed by atoms with Gasteiger partial charge in [0.1, 0.15) is 12.1 Å². The van der Waals surface area contributed by atoms with E-state index < -0.39 is 11.6 Å². The minimum Gasteiger partial charge on any atom is -0.338 e. The predicted molar refractivity (Wildman–Crippen MR) is 89.1 cm³/mol. The maximum absolute atomic E-state index is 13.0. The Morgan fingerprint density at radius 2 is 1.92 bits per heavy atom. The molecule has 2 fully saturated rings. The molecule has 2 aliphatic rings. The smallest absolute Gasteiger partial charge is 0.325 e. The molecule has 1 heterocycles. The molecule has 4 amide bonds. The number of likely N-dealkylation sites (N-methyl/N-ethyl adjacent to an activating group) is 1. The van der Waals surface area contributed by atoms with Crippen LogP contribution in [0.1, 0.15) is 38.7 Å². The number of nitrogens with one attached hydrogen (secondary N) is 1. The molecule has 6 nitrogen and oxygen atoms in total. The minimum atomic E-state index is -1.07. The third kappa shape index (κ3) is 2.66. The summed E-state index contributed by atoms with van der Waals surface area (Å²) in [6, 6.07) is 8.98. The summed E-state index contributed by atoms with van der Waals surface area (Å²) in [5.74, 6) is -0.509. The molecule has 0 radical (unpaired) electrons. The number of hydrogen-bond acceptors (Lipinski definition) is 3. The molecule has 1 unspecified atom stereocenters. The van der Waals surface area contributed by atoms with E-state index in [0.29, 0.717) is 13.0 Å². The quantitative estimate of drug-likeness (QED) is 0.810. The monoisotopic (exact) mass is 329 g/mol. The fourth-order valence-corrected chi connectivity index (χ4v) is 3.38. The highest BCUT2D eigenvalue weighted by Gasteiger charge is 2.52. The first-order valence-corrected chi connectivity index (χ1v) is 8.52. The van der Waals surface area contributed by atoms with Gasteiger partial charge in [-0.2, -0.15) is 0 Å². The normalized spacial score (nSPS) is 23.3. The molecule has 24 heavy (non-hydrogen) atoms. The molecule has 1 aliphatic heterocycles. The van der Waals surface area contributed by atoms with Crippen LogP contribution in [-0.4, -0.2) is 46.8 Å². The summed E-state index contributed by atoms with van der Waals surface area (Å²) in [4.78, 5) is 40.7. The topological polar surface area (TPSA) is 69.7 Å². The van der Waals surface area contributed by atoms with Crippen LogP contribution >= 0.6 is 0 Å². The SMILES string of the molecule is CCN(C(=O)CN1C(=O)NC(CC)(c2ccccc2)C1=O)C1CC1. The Morgan fingerprint density at radius 3 is 2.46 bits per heavy atom. The van der Waals surface area contributed by atoms with Crippen molar-refractivity contribution in [3.8, 4) is 0 Å². The highest BCUT2D eigenvalue weighted by Crippen LogP contribution is 2.33. The van der Waals surface area contributed by atoms with Crippen LogP contribution in [0.4, 0.5) is 4.79 Å². The Hall–Kier alpha value is -2.37. The van der Waals surface area contributed by atoms with Crippen LogP contribution in [0.5, 0.6) is 0 Å². The molecule has 1 aromatic rings. The molecule has 0 spiro atoms. The standard InChI is InChI=1S/C18H23N3O3/c1-3-18(13-8-6-5-7-9-13)16(23)21(17(24)19-18)12-15(22)20(4-2)14-10-11-14/h5-9,14H,3-4,10-12H2,1-2H3,(H,19,24). The van der Waals surface area contributed by atoms with Crippen molar-refractivity contribution in [1.82, 2.24) is 15.1 Å². The lowest BCUT2D eigenvalue weighted by Gasteiger charge is -2.26. The summed E-state index contributed by atoms with van der Waals surface area (Å²) in [5.41, 5.74) is -0.328. The van der Waals surface area contributed by atoms with Crippen LogP contribution in [0, 0.1) is 0 Å². The molecular weight excluding hydrogens is 306 g/mol. The van der Waals surface area contributed by atoms with Gasteiger partial charge >= 0.3 is 6.03 Å². The molecule has 1 aliphatic carbocycles. The third-order valence-corrected chi connectivity index (χ3v) is 4.91. The van der Waals surface area contributed by atoms with Gasteiger partial charge in [0.2, 0.25) is 5.91 Å². The van der Waals surface area contributed by atoms with E-state index in [2.05, 4.69) is 5.32 Å². The van der Waals surface area contributed by atoms with Gasteiger partial charge in [0, 0.05) is 12.6 Å². The van der Waals surface area contributed by atoms with Gasteiger partial charge in [-0.25, -0.2) is 4.79 Å². The van der Waals surface area contributed by atoms with Crippen LogP contribution < -0.4 is 5.32 Å². The van der Waals surface area contributed by atoms with Crippen LogP contribution in [0.25, 0.3) is 0 Å². The first-order valence-electron chi connectivity index (χ1n) is 8.52. The molecule has 1 saturated carbocycles. The first kappa shape index (κ1) is 16.5. The summed E-state index contributed by atoms with van der Waals surface area (Å²) in [5, 5.41) is 2.81. The number of carbonyl (C=O) groups is 3. The van der Waals surface area contributed by atoms with E-state index in [9.17, 15) is 14.4 Å². The maximum Gasteiger partial charge on any atom is 0.325 e. The molecule has 1 N–H and O–H groups in total. The zero-order chi connectivity index (χ0) is 17.3. The van der Waals surface area contributed by atoms with Crippen molar-refractivity contribution in [2.24, 2.45) is 0 Å². The van der Waals surface area contributed by atoms with E-state index in [0.717, 1.165) is 23.3 Å². The number of benzene rings is 1. The van der Waals surface area contributed by atoms with Gasteiger partial charge in [-0.15, -0.1) is 0 Å². The summed E-state index contributed by atoms with van der Waals surface area (Å²) < 4.78 is 0. The van der Waals surface area contributed by atoms with Gasteiger partial charge in [-0.1, -0.05) is 37.3 Å². The first-order chi connectivity index (χ1) is 11.5. The van der Waals surface area contributed by atoms with Crippen LogP contribution in [0.2, 0.25) is 0 Å². The third-order valence-electron chi connectivity index (χ3n) is 4.91. The number of urea groups is 1. The van der Waals surface area contributed by atoms with Crippen molar-refractivity contribution in [3.05, 3.63) is 35.9 Å². The highest BCUT2D eigenvalue weighted by atomic mass is 16.2. The number of hydrogen-bond donors (Lipinski definition) is 1. The zero-order valence-electron chi connectivity index (χ0n) is 14.1. The molecule has 1 saturated heterocycles. The Balaban J connectivity index is 1.82. The van der Waals surface area contributed by atoms with E-state index in [1.165, 1.54) is 0 Å². The van der Waals surface area contributed by atoms with E-state index in [1.807, 2.05) is 44.2 Å². The molecule has 6 heteroatoms. The molecule has 1 atom stereocenters. The van der Waals surface area contributed by atoms with Crippen molar-refractivity contribution in [3.63, 3.8) is 0 Å². The zero-order valence-corrected chi connectivity index (χ0v) is 14.1. The summed E-state index contributed by atoms with van der Waals surface area (Å²) >= 11 is 0. The lowest BCUT2D eigenvalue weighted by Crippen LogP contribution is -2.46. The Labute approximate surface area is 141 Å². The fourth-order valence-electron chi connectivity index (χ4n) is 3.38. The number of amides is 4. The number of imide groups is 1. The van der Waals surface area contributed by atoms with Crippen LogP contribution in [-0.2, 0) is 15.1 Å². The lowest BCUT2D eigenvalue weighted by molar-refractivity contribution is -0.139. The minimum absolute atomic E-state index is 0.163. The summed E-state index contributed by atoms with van der Waals surface area (Å²) in [6.07, 6.45) is 2.44. The molecule has 0 aromatic heterocycles. The fraction of sp³-hybridized carbons (Fsp3) is 0.500. The van der Waals surface area contributed by atoms with Gasteiger partial charge in [-0.05, 0) is 31.7 Å². The number of rotatable bonds is 6. The van der Waals surface area contributed by atoms with Crippen LogP contribution in [0.15, 0.2) is 30.3 Å². The maximum atomic E-state index is 13.0. The largest absolute Gasteiger partial charge is 0.338 e. The van der Waals surface area contributed by atoms with E-state index in [-0.39, 0.29) is 24.4 Å². The lowest BCUT2D eigenvalue weighted by atomic mass is 9.87. The highest BCUT2D eigenvalue weighted by molar-refractivity contribution is 6.09. The van der Waals surface area contributed by atoms with E-state index >= 15 is 0 Å². The molecular formula is C18H23N3O3. The van der Waals surface area contributed by atoms with Gasteiger partial charge in [0.15, 0.2) is 0 Å². The summed E-state index contributed by atoms with van der Waals surface area (Å²) in [7, 11) is 0. The predicted octanol–water partition coefficient (Wildman–Crippen LogP) is 1.85. The Morgan fingerprint density at radius 1 is 1.25 bits per heavy atom. The molecule has 128 valence electrons. The van der Waals surface area contributed by atoms with Crippen molar-refractivity contribution >= 4 is 17.8 Å². The van der Waals surface area contributed by atoms with Gasteiger partial charge in [0.05, 0.1) is 0 Å². The average Bonchev–Trinajstić information content (AvgIpc) is 3.39. The molecule has 3 rings (SSSR count).